The summed E-state index contributed by atoms with van der Waals surface area (Å²) in [4.78, 5) is 25.7. The summed E-state index contributed by atoms with van der Waals surface area (Å²) in [5.41, 5.74) is 1.72. The Morgan fingerprint density at radius 1 is 1.42 bits per heavy atom. The molecule has 5 heteroatoms. The summed E-state index contributed by atoms with van der Waals surface area (Å²) < 4.78 is 5.29. The number of likely N-dealkylation sites (tertiary alicyclic amines) is 1. The molecular weight excluding hydrogens is 306 g/mol. The van der Waals surface area contributed by atoms with Crippen molar-refractivity contribution in [2.24, 2.45) is 5.41 Å². The molecule has 0 unspecified atom stereocenters. The first-order valence-corrected chi connectivity index (χ1v) is 8.61. The monoisotopic (exact) mass is 331 g/mol. The Hall–Kier alpha value is -2.04. The zero-order valence-electron chi connectivity index (χ0n) is 14.4. The van der Waals surface area contributed by atoms with Crippen molar-refractivity contribution in [3.63, 3.8) is 0 Å². The van der Waals surface area contributed by atoms with Crippen molar-refractivity contribution < 1.29 is 19.4 Å². The first-order chi connectivity index (χ1) is 11.4. The molecule has 0 aromatic heterocycles. The van der Waals surface area contributed by atoms with E-state index < -0.39 is 11.4 Å². The summed E-state index contributed by atoms with van der Waals surface area (Å²) in [6, 6.07) is 6.11. The van der Waals surface area contributed by atoms with Crippen LogP contribution >= 0.6 is 0 Å². The number of carbonyl (C=O) groups is 2. The van der Waals surface area contributed by atoms with Crippen molar-refractivity contribution in [2.75, 3.05) is 20.2 Å². The second-order valence-electron chi connectivity index (χ2n) is 7.29. The van der Waals surface area contributed by atoms with Gasteiger partial charge in [-0.1, -0.05) is 6.07 Å². The van der Waals surface area contributed by atoms with Crippen molar-refractivity contribution in [1.29, 1.82) is 0 Å². The average molecular weight is 331 g/mol. The molecule has 130 valence electrons. The summed E-state index contributed by atoms with van der Waals surface area (Å²) in [7, 11) is 1.67. The van der Waals surface area contributed by atoms with Gasteiger partial charge >= 0.3 is 5.97 Å². The zero-order chi connectivity index (χ0) is 17.3. The van der Waals surface area contributed by atoms with Crippen LogP contribution in [0.4, 0.5) is 0 Å². The van der Waals surface area contributed by atoms with E-state index in [1.165, 1.54) is 11.1 Å². The van der Waals surface area contributed by atoms with Crippen LogP contribution in [-0.2, 0) is 16.0 Å². The third kappa shape index (κ3) is 3.12. The number of carboxylic acid groups (broad SMARTS) is 1. The van der Waals surface area contributed by atoms with Gasteiger partial charge in [-0.15, -0.1) is 0 Å². The highest BCUT2D eigenvalue weighted by Crippen LogP contribution is 2.37. The van der Waals surface area contributed by atoms with Crippen LogP contribution in [0.5, 0.6) is 5.75 Å². The number of nitrogens with zero attached hydrogens (tertiary/aromatic N) is 1. The van der Waals surface area contributed by atoms with E-state index >= 15 is 0 Å². The molecule has 1 heterocycles. The smallest absolute Gasteiger partial charge is 0.311 e. The number of ether oxygens (including phenoxy) is 1. The fourth-order valence-electron chi connectivity index (χ4n) is 3.92. The van der Waals surface area contributed by atoms with Gasteiger partial charge in [-0.05, 0) is 61.8 Å². The van der Waals surface area contributed by atoms with Crippen LogP contribution in [0.1, 0.15) is 49.7 Å². The summed E-state index contributed by atoms with van der Waals surface area (Å²) >= 11 is 0. The molecule has 2 atom stereocenters. The van der Waals surface area contributed by atoms with Gasteiger partial charge in [-0.25, -0.2) is 0 Å². The van der Waals surface area contributed by atoms with Crippen molar-refractivity contribution >= 4 is 11.9 Å². The van der Waals surface area contributed by atoms with E-state index in [4.69, 9.17) is 4.74 Å². The number of hydrogen-bond acceptors (Lipinski definition) is 3. The molecule has 2 aliphatic rings. The largest absolute Gasteiger partial charge is 0.497 e. The van der Waals surface area contributed by atoms with Gasteiger partial charge in [0, 0.05) is 19.5 Å². The van der Waals surface area contributed by atoms with Crippen LogP contribution < -0.4 is 4.74 Å². The number of methoxy groups -OCH3 is 1. The lowest BCUT2D eigenvalue weighted by atomic mass is 9.80. The lowest BCUT2D eigenvalue weighted by molar-refractivity contribution is -0.147. The van der Waals surface area contributed by atoms with Gasteiger partial charge in [0.15, 0.2) is 0 Å². The lowest BCUT2D eigenvalue weighted by Gasteiger charge is -2.27. The Morgan fingerprint density at radius 2 is 2.21 bits per heavy atom. The van der Waals surface area contributed by atoms with Crippen molar-refractivity contribution in [3.8, 4) is 5.75 Å². The molecule has 1 N–H and O–H groups in total. The molecule has 0 spiro atoms. The zero-order valence-corrected chi connectivity index (χ0v) is 14.4. The Bertz CT molecular complexity index is 657. The molecule has 3 rings (SSSR count). The van der Waals surface area contributed by atoms with E-state index in [1.807, 2.05) is 6.07 Å². The maximum Gasteiger partial charge on any atom is 0.311 e. The molecule has 1 aromatic rings. The SMILES string of the molecule is COc1ccc2c(c1)CCC[C@H]2CC(=O)N1CC[C@](C)(C(=O)O)C1. The van der Waals surface area contributed by atoms with Crippen LogP contribution in [0, 0.1) is 5.41 Å². The minimum atomic E-state index is -0.812. The molecule has 1 aromatic carbocycles. The third-order valence-electron chi connectivity index (χ3n) is 5.55. The van der Waals surface area contributed by atoms with Gasteiger partial charge in [-0.2, -0.15) is 0 Å². The highest BCUT2D eigenvalue weighted by Gasteiger charge is 2.42. The summed E-state index contributed by atoms with van der Waals surface area (Å²) in [6.45, 7) is 2.60. The Balaban J connectivity index is 1.69. The van der Waals surface area contributed by atoms with Crippen molar-refractivity contribution in [2.45, 2.75) is 44.9 Å². The minimum absolute atomic E-state index is 0.0774. The molecule has 0 saturated carbocycles. The topological polar surface area (TPSA) is 66.8 Å². The first kappa shape index (κ1) is 16.8. The fraction of sp³-hybridized carbons (Fsp3) is 0.579. The predicted octanol–water partition coefficient (Wildman–Crippen LogP) is 2.83. The summed E-state index contributed by atoms with van der Waals surface area (Å²) in [5, 5.41) is 9.32. The van der Waals surface area contributed by atoms with E-state index in [9.17, 15) is 14.7 Å². The molecule has 24 heavy (non-hydrogen) atoms. The van der Waals surface area contributed by atoms with Crippen LogP contribution in [0.3, 0.4) is 0 Å². The van der Waals surface area contributed by atoms with E-state index in [0.29, 0.717) is 25.9 Å². The highest BCUT2D eigenvalue weighted by atomic mass is 16.5. The molecule has 1 amide bonds. The maximum atomic E-state index is 12.7. The van der Waals surface area contributed by atoms with Crippen LogP contribution in [0.2, 0.25) is 0 Å². The predicted molar refractivity (Wildman–Crippen MR) is 90.2 cm³/mol. The molecule has 1 saturated heterocycles. The summed E-state index contributed by atoms with van der Waals surface area (Å²) in [5.74, 6) is 0.350. The number of hydrogen-bond donors (Lipinski definition) is 1. The number of carbonyl (C=O) groups excluding carboxylic acids is 1. The van der Waals surface area contributed by atoms with Gasteiger partial charge in [0.05, 0.1) is 12.5 Å². The molecule has 1 aliphatic heterocycles. The highest BCUT2D eigenvalue weighted by molar-refractivity contribution is 5.81. The first-order valence-electron chi connectivity index (χ1n) is 8.61. The molecule has 0 radical (unpaired) electrons. The fourth-order valence-corrected chi connectivity index (χ4v) is 3.92. The number of benzene rings is 1. The number of aliphatic carboxylic acids is 1. The second kappa shape index (κ2) is 6.46. The Morgan fingerprint density at radius 3 is 2.88 bits per heavy atom. The van der Waals surface area contributed by atoms with E-state index in [1.54, 1.807) is 18.9 Å². The number of carboxylic acids is 1. The molecule has 1 fully saturated rings. The number of amides is 1. The van der Waals surface area contributed by atoms with Gasteiger partial charge in [0.1, 0.15) is 5.75 Å². The summed E-state index contributed by atoms with van der Waals surface area (Å²) in [6.07, 6.45) is 4.11. The minimum Gasteiger partial charge on any atom is -0.497 e. The van der Waals surface area contributed by atoms with Crippen molar-refractivity contribution in [3.05, 3.63) is 29.3 Å². The third-order valence-corrected chi connectivity index (χ3v) is 5.55. The average Bonchev–Trinajstić information content (AvgIpc) is 2.98. The number of rotatable bonds is 4. The lowest BCUT2D eigenvalue weighted by Crippen LogP contribution is -2.35. The van der Waals surface area contributed by atoms with Gasteiger partial charge in [0.2, 0.25) is 5.91 Å². The van der Waals surface area contributed by atoms with Gasteiger partial charge in [0.25, 0.3) is 0 Å². The maximum absolute atomic E-state index is 12.7. The second-order valence-corrected chi connectivity index (χ2v) is 7.29. The number of aryl methyl sites for hydroxylation is 1. The number of fused-ring (bicyclic) bond motifs is 1. The molecule has 5 nitrogen and oxygen atoms in total. The Labute approximate surface area is 142 Å². The Kier molecular flexibility index (Phi) is 4.52. The van der Waals surface area contributed by atoms with Crippen LogP contribution in [0.15, 0.2) is 18.2 Å². The quantitative estimate of drug-likeness (QED) is 0.921. The van der Waals surface area contributed by atoms with Gasteiger partial charge < -0.3 is 14.7 Å². The van der Waals surface area contributed by atoms with E-state index in [2.05, 4.69) is 12.1 Å². The van der Waals surface area contributed by atoms with Crippen molar-refractivity contribution in [1.82, 2.24) is 4.90 Å². The van der Waals surface area contributed by atoms with E-state index in [-0.39, 0.29) is 11.8 Å². The van der Waals surface area contributed by atoms with Crippen LogP contribution in [-0.4, -0.2) is 42.1 Å². The van der Waals surface area contributed by atoms with Gasteiger partial charge in [-0.3, -0.25) is 9.59 Å². The van der Waals surface area contributed by atoms with E-state index in [0.717, 1.165) is 25.0 Å². The molecule has 1 aliphatic carbocycles. The molecule has 0 bridgehead atoms. The molecular formula is C19H25NO4. The van der Waals surface area contributed by atoms with Crippen LogP contribution in [0.25, 0.3) is 0 Å². The standard InChI is InChI=1S/C19H25NO4/c1-19(18(22)23)8-9-20(12-19)17(21)11-14-5-3-4-13-10-15(24-2)6-7-16(13)14/h6-7,10,14H,3-5,8-9,11-12H2,1-2H3,(H,22,23)/t14-,19-/m0/s1. The normalized spacial score (nSPS) is 26.1.